The number of aliphatic imine (C=N–C) groups is 1. The van der Waals surface area contributed by atoms with Gasteiger partial charge in [0.15, 0.2) is 5.96 Å². The van der Waals surface area contributed by atoms with Crippen LogP contribution in [0.4, 0.5) is 0 Å². The van der Waals surface area contributed by atoms with Gasteiger partial charge in [0.1, 0.15) is 0 Å². The van der Waals surface area contributed by atoms with E-state index in [9.17, 15) is 0 Å². The highest BCUT2D eigenvalue weighted by Gasteiger charge is 2.13. The highest BCUT2D eigenvalue weighted by molar-refractivity contribution is 14.0. The molecule has 1 aliphatic rings. The fourth-order valence-corrected chi connectivity index (χ4v) is 3.83. The van der Waals surface area contributed by atoms with Crippen LogP contribution in [0.1, 0.15) is 56.2 Å². The summed E-state index contributed by atoms with van der Waals surface area (Å²) in [5.41, 5.74) is 1.19. The number of hydrogen-bond donors (Lipinski definition) is 2. The van der Waals surface area contributed by atoms with Crippen LogP contribution in [0.15, 0.2) is 10.4 Å². The molecule has 4 nitrogen and oxygen atoms in total. The van der Waals surface area contributed by atoms with E-state index < -0.39 is 0 Å². The molecule has 0 unspecified atom stereocenters. The Morgan fingerprint density at radius 2 is 2.04 bits per heavy atom. The Kier molecular flexibility index (Phi) is 10.8. The third-order valence-electron chi connectivity index (χ3n) is 4.36. The van der Waals surface area contributed by atoms with Gasteiger partial charge >= 0.3 is 0 Å². The maximum Gasteiger partial charge on any atom is 0.190 e. The van der Waals surface area contributed by atoms with E-state index in [4.69, 9.17) is 0 Å². The van der Waals surface area contributed by atoms with Crippen molar-refractivity contribution in [3.63, 3.8) is 0 Å². The fraction of sp³-hybridized carbons (Fsp3) is 0.765. The van der Waals surface area contributed by atoms with Crippen LogP contribution < -0.4 is 10.6 Å². The first kappa shape index (κ1) is 20.7. The number of hydrogen-bond acceptors (Lipinski definition) is 3. The van der Waals surface area contributed by atoms with E-state index in [1.807, 2.05) is 7.05 Å². The molecule has 0 bridgehead atoms. The van der Waals surface area contributed by atoms with Crippen LogP contribution in [0.5, 0.6) is 0 Å². The van der Waals surface area contributed by atoms with Gasteiger partial charge in [-0.2, -0.15) is 0 Å². The molecular formula is C17H31IN4S. The summed E-state index contributed by atoms with van der Waals surface area (Å²) in [7, 11) is 1.84. The van der Waals surface area contributed by atoms with E-state index in [2.05, 4.69) is 32.9 Å². The van der Waals surface area contributed by atoms with Gasteiger partial charge in [0.05, 0.1) is 10.7 Å². The number of thiazole rings is 1. The molecule has 2 N–H and O–H groups in total. The van der Waals surface area contributed by atoms with Crippen LogP contribution in [0, 0.1) is 5.92 Å². The molecule has 0 saturated heterocycles. The first-order chi connectivity index (χ1) is 10.8. The van der Waals surface area contributed by atoms with E-state index >= 15 is 0 Å². The van der Waals surface area contributed by atoms with Crippen molar-refractivity contribution in [2.75, 3.05) is 20.1 Å². The SMILES string of the molecule is CCc1nc(CCNC(=NC)NCCCC2CCCC2)cs1.I. The van der Waals surface area contributed by atoms with Crippen molar-refractivity contribution in [1.82, 2.24) is 15.6 Å². The summed E-state index contributed by atoms with van der Waals surface area (Å²) in [6, 6.07) is 0. The van der Waals surface area contributed by atoms with Gasteiger partial charge in [-0.25, -0.2) is 4.98 Å². The second-order valence-corrected chi connectivity index (χ2v) is 7.00. The van der Waals surface area contributed by atoms with Crippen LogP contribution in [0.3, 0.4) is 0 Å². The lowest BCUT2D eigenvalue weighted by Crippen LogP contribution is -2.38. The molecule has 1 saturated carbocycles. The van der Waals surface area contributed by atoms with Crippen molar-refractivity contribution in [2.24, 2.45) is 10.9 Å². The van der Waals surface area contributed by atoms with Gasteiger partial charge in [0.25, 0.3) is 0 Å². The normalized spacial score (nSPS) is 15.5. The zero-order valence-electron chi connectivity index (χ0n) is 14.4. The van der Waals surface area contributed by atoms with Crippen molar-refractivity contribution in [2.45, 2.75) is 58.3 Å². The Morgan fingerprint density at radius 1 is 1.30 bits per heavy atom. The Balaban J connectivity index is 0.00000264. The lowest BCUT2D eigenvalue weighted by molar-refractivity contribution is 0.481. The first-order valence-electron chi connectivity index (χ1n) is 8.69. The van der Waals surface area contributed by atoms with E-state index in [1.165, 1.54) is 49.2 Å². The number of rotatable bonds is 8. The minimum Gasteiger partial charge on any atom is -0.356 e. The molecule has 1 aliphatic carbocycles. The standard InChI is InChI=1S/C17H30N4S.HI/c1-3-16-21-15(13-22-16)10-12-20-17(18-2)19-11-6-9-14-7-4-5-8-14;/h13-14H,3-12H2,1-2H3,(H2,18,19,20);1H. The second-order valence-electron chi connectivity index (χ2n) is 6.05. The Hall–Kier alpha value is -0.370. The van der Waals surface area contributed by atoms with Gasteiger partial charge in [-0.15, -0.1) is 35.3 Å². The second kappa shape index (κ2) is 12.1. The predicted octanol–water partition coefficient (Wildman–Crippen LogP) is 4.00. The minimum absolute atomic E-state index is 0. The monoisotopic (exact) mass is 450 g/mol. The highest BCUT2D eigenvalue weighted by atomic mass is 127. The topological polar surface area (TPSA) is 49.3 Å². The first-order valence-corrected chi connectivity index (χ1v) is 9.57. The van der Waals surface area contributed by atoms with Crippen LogP contribution in [-0.4, -0.2) is 31.1 Å². The van der Waals surface area contributed by atoms with Crippen molar-refractivity contribution in [3.05, 3.63) is 16.1 Å². The van der Waals surface area contributed by atoms with Gasteiger partial charge in [-0.05, 0) is 25.2 Å². The third-order valence-corrected chi connectivity index (χ3v) is 5.40. The van der Waals surface area contributed by atoms with Gasteiger partial charge in [0, 0.05) is 31.9 Å². The predicted molar refractivity (Wildman–Crippen MR) is 111 cm³/mol. The summed E-state index contributed by atoms with van der Waals surface area (Å²) in [5, 5.41) is 10.2. The van der Waals surface area contributed by atoms with Gasteiger partial charge in [-0.1, -0.05) is 32.6 Å². The zero-order chi connectivity index (χ0) is 15.6. The molecule has 0 atom stereocenters. The largest absolute Gasteiger partial charge is 0.356 e. The molecule has 0 aromatic carbocycles. The molecule has 0 aliphatic heterocycles. The van der Waals surface area contributed by atoms with Crippen molar-refractivity contribution in [3.8, 4) is 0 Å². The number of aryl methyl sites for hydroxylation is 1. The van der Waals surface area contributed by atoms with Crippen LogP contribution in [0.25, 0.3) is 0 Å². The van der Waals surface area contributed by atoms with Crippen molar-refractivity contribution < 1.29 is 0 Å². The van der Waals surface area contributed by atoms with Crippen LogP contribution >= 0.6 is 35.3 Å². The van der Waals surface area contributed by atoms with E-state index in [0.29, 0.717) is 0 Å². The average molecular weight is 450 g/mol. The summed E-state index contributed by atoms with van der Waals surface area (Å²) in [6.45, 7) is 4.06. The molecule has 1 fully saturated rings. The fourth-order valence-electron chi connectivity index (χ4n) is 3.05. The average Bonchev–Trinajstić information content (AvgIpc) is 3.21. The van der Waals surface area contributed by atoms with Crippen molar-refractivity contribution in [1.29, 1.82) is 0 Å². The Morgan fingerprint density at radius 3 is 2.70 bits per heavy atom. The van der Waals surface area contributed by atoms with E-state index in [1.54, 1.807) is 11.3 Å². The third kappa shape index (κ3) is 7.83. The lowest BCUT2D eigenvalue weighted by Gasteiger charge is -2.13. The molecule has 0 amide bonds. The maximum atomic E-state index is 4.59. The highest BCUT2D eigenvalue weighted by Crippen LogP contribution is 2.28. The smallest absolute Gasteiger partial charge is 0.190 e. The number of halogens is 1. The quantitative estimate of drug-likeness (QED) is 0.273. The van der Waals surface area contributed by atoms with Crippen LogP contribution in [0.2, 0.25) is 0 Å². The Labute approximate surface area is 162 Å². The summed E-state index contributed by atoms with van der Waals surface area (Å²) >= 11 is 1.76. The molecule has 1 aromatic heterocycles. The Bertz CT molecular complexity index is 455. The molecule has 0 spiro atoms. The molecule has 23 heavy (non-hydrogen) atoms. The van der Waals surface area contributed by atoms with E-state index in [-0.39, 0.29) is 24.0 Å². The maximum absolute atomic E-state index is 4.59. The van der Waals surface area contributed by atoms with Crippen LogP contribution in [-0.2, 0) is 12.8 Å². The summed E-state index contributed by atoms with van der Waals surface area (Å²) < 4.78 is 0. The summed E-state index contributed by atoms with van der Waals surface area (Å²) in [4.78, 5) is 8.88. The van der Waals surface area contributed by atoms with Crippen molar-refractivity contribution >= 4 is 41.3 Å². The number of guanidine groups is 1. The summed E-state index contributed by atoms with van der Waals surface area (Å²) in [6.07, 6.45) is 10.4. The molecule has 2 rings (SSSR count). The molecule has 132 valence electrons. The number of nitrogens with one attached hydrogen (secondary N) is 2. The zero-order valence-corrected chi connectivity index (χ0v) is 17.6. The number of nitrogens with zero attached hydrogens (tertiary/aromatic N) is 2. The number of aromatic nitrogens is 1. The summed E-state index contributed by atoms with van der Waals surface area (Å²) in [5.74, 6) is 1.89. The molecular weight excluding hydrogens is 419 g/mol. The van der Waals surface area contributed by atoms with Gasteiger partial charge in [-0.3, -0.25) is 4.99 Å². The molecule has 6 heteroatoms. The minimum atomic E-state index is 0. The molecule has 1 heterocycles. The molecule has 0 radical (unpaired) electrons. The van der Waals surface area contributed by atoms with Gasteiger partial charge < -0.3 is 10.6 Å². The lowest BCUT2D eigenvalue weighted by atomic mass is 10.0. The van der Waals surface area contributed by atoms with E-state index in [0.717, 1.165) is 37.8 Å². The van der Waals surface area contributed by atoms with Gasteiger partial charge in [0.2, 0.25) is 0 Å². The molecule has 1 aromatic rings.